The third-order valence-electron chi connectivity index (χ3n) is 13.4. The molecule has 0 spiro atoms. The van der Waals surface area contributed by atoms with E-state index in [1.807, 2.05) is 11.3 Å². The predicted molar refractivity (Wildman–Crippen MR) is 288 cm³/mol. The SMILES string of the molecule is c1ccc(-c2ccc(-c3ccc(N(c4ccc(-c5ccc6c(c5)c5ccccc5n6-c5ccc6ccccc6c5)cc4)c4ccc(-c5cccc6c5sc5ccccc56)cc4)cc3)cc2)cc1. The van der Waals surface area contributed by atoms with Gasteiger partial charge in [0.25, 0.3) is 0 Å². The maximum atomic E-state index is 2.40. The first-order chi connectivity index (χ1) is 33.2. The summed E-state index contributed by atoms with van der Waals surface area (Å²) in [5.41, 5.74) is 16.5. The number of hydrogen-bond acceptors (Lipinski definition) is 2. The monoisotopic (exact) mass is 870 g/mol. The van der Waals surface area contributed by atoms with Gasteiger partial charge in [-0.15, -0.1) is 11.3 Å². The van der Waals surface area contributed by atoms with Crippen molar-refractivity contribution in [1.29, 1.82) is 0 Å². The lowest BCUT2D eigenvalue weighted by atomic mass is 9.99. The van der Waals surface area contributed by atoms with Gasteiger partial charge in [0.2, 0.25) is 0 Å². The van der Waals surface area contributed by atoms with E-state index in [-0.39, 0.29) is 0 Å². The summed E-state index contributed by atoms with van der Waals surface area (Å²) in [5, 5.41) is 7.61. The van der Waals surface area contributed by atoms with Gasteiger partial charge in [-0.05, 0) is 128 Å². The van der Waals surface area contributed by atoms with E-state index in [0.29, 0.717) is 0 Å². The molecule has 0 aliphatic heterocycles. The van der Waals surface area contributed by atoms with Gasteiger partial charge in [0, 0.05) is 53.7 Å². The highest BCUT2D eigenvalue weighted by Gasteiger charge is 2.17. The number of anilines is 3. The van der Waals surface area contributed by atoms with Crippen molar-refractivity contribution in [2.75, 3.05) is 4.90 Å². The highest BCUT2D eigenvalue weighted by atomic mass is 32.1. The average molecular weight is 871 g/mol. The Kier molecular flexibility index (Phi) is 9.40. The molecule has 67 heavy (non-hydrogen) atoms. The van der Waals surface area contributed by atoms with Crippen molar-refractivity contribution < 1.29 is 0 Å². The highest BCUT2D eigenvalue weighted by molar-refractivity contribution is 7.26. The van der Waals surface area contributed by atoms with Crippen molar-refractivity contribution in [1.82, 2.24) is 4.57 Å². The van der Waals surface area contributed by atoms with Gasteiger partial charge in [0.05, 0.1) is 11.0 Å². The number of thiophene rings is 1. The summed E-state index contributed by atoms with van der Waals surface area (Å²) in [6.07, 6.45) is 0. The second-order valence-corrected chi connectivity index (χ2v) is 18.4. The number of hydrogen-bond donors (Lipinski definition) is 0. The fourth-order valence-electron chi connectivity index (χ4n) is 10.0. The van der Waals surface area contributed by atoms with Gasteiger partial charge < -0.3 is 9.47 Å². The lowest BCUT2D eigenvalue weighted by Gasteiger charge is -2.26. The Morgan fingerprint density at radius 2 is 0.806 bits per heavy atom. The zero-order valence-corrected chi connectivity index (χ0v) is 37.4. The maximum absolute atomic E-state index is 2.40. The third kappa shape index (κ3) is 6.88. The smallest absolute Gasteiger partial charge is 0.0541 e. The first kappa shape index (κ1) is 38.9. The fourth-order valence-corrected chi connectivity index (χ4v) is 11.3. The summed E-state index contributed by atoms with van der Waals surface area (Å²) in [6, 6.07) is 93.1. The molecular formula is C64H42N2S. The summed E-state index contributed by atoms with van der Waals surface area (Å²) in [6.45, 7) is 0. The molecule has 0 bridgehead atoms. The second kappa shape index (κ2) is 16.2. The molecule has 13 rings (SSSR count). The van der Waals surface area contributed by atoms with Crippen molar-refractivity contribution in [2.45, 2.75) is 0 Å². The standard InChI is InChI=1S/C64H42N2S/c1-2-11-43(12-3-1)45-21-23-46(24-22-45)47-25-33-52(34-26-47)65(54-37-30-49(31-38-54)56-17-10-18-59-58-16-7-9-20-63(58)67-64(56)59)53-35-27-48(28-36-53)51-32-40-62-60(42-51)57-15-6-8-19-61(57)66(62)55-39-29-44-13-4-5-14-50(44)41-55/h1-42H. The van der Waals surface area contributed by atoms with Gasteiger partial charge in [0.1, 0.15) is 0 Å². The Morgan fingerprint density at radius 3 is 1.51 bits per heavy atom. The van der Waals surface area contributed by atoms with Crippen molar-refractivity contribution >= 4 is 81.1 Å². The van der Waals surface area contributed by atoms with Crippen molar-refractivity contribution in [2.24, 2.45) is 0 Å². The van der Waals surface area contributed by atoms with Gasteiger partial charge >= 0.3 is 0 Å². The first-order valence-electron chi connectivity index (χ1n) is 22.9. The van der Waals surface area contributed by atoms with Gasteiger partial charge in [-0.3, -0.25) is 0 Å². The van der Waals surface area contributed by atoms with E-state index >= 15 is 0 Å². The molecule has 314 valence electrons. The molecule has 13 aromatic rings. The van der Waals surface area contributed by atoms with Crippen molar-refractivity contribution in [3.05, 3.63) is 255 Å². The van der Waals surface area contributed by atoms with Crippen LogP contribution in [0.1, 0.15) is 0 Å². The first-order valence-corrected chi connectivity index (χ1v) is 23.7. The Labute approximate surface area is 393 Å². The molecular weight excluding hydrogens is 829 g/mol. The minimum atomic E-state index is 1.09. The summed E-state index contributed by atoms with van der Waals surface area (Å²) in [7, 11) is 0. The van der Waals surface area contributed by atoms with Crippen LogP contribution in [0.5, 0.6) is 0 Å². The van der Waals surface area contributed by atoms with Crippen LogP contribution in [-0.2, 0) is 0 Å². The fraction of sp³-hybridized carbons (Fsp3) is 0. The minimum absolute atomic E-state index is 1.09. The average Bonchev–Trinajstić information content (AvgIpc) is 3.95. The molecule has 2 aromatic heterocycles. The molecule has 11 aromatic carbocycles. The molecule has 0 fully saturated rings. The zero-order chi connectivity index (χ0) is 44.3. The Hall–Kier alpha value is -8.50. The van der Waals surface area contributed by atoms with E-state index in [4.69, 9.17) is 0 Å². The zero-order valence-electron chi connectivity index (χ0n) is 36.6. The molecule has 0 radical (unpaired) electrons. The number of fused-ring (bicyclic) bond motifs is 7. The molecule has 2 heterocycles. The topological polar surface area (TPSA) is 8.17 Å². The van der Waals surface area contributed by atoms with Crippen LogP contribution in [0, 0.1) is 0 Å². The van der Waals surface area contributed by atoms with Gasteiger partial charge in [-0.25, -0.2) is 0 Å². The largest absolute Gasteiger partial charge is 0.311 e. The van der Waals surface area contributed by atoms with Gasteiger partial charge in [-0.2, -0.15) is 0 Å². The molecule has 3 heteroatoms. The van der Waals surface area contributed by atoms with Crippen LogP contribution in [0.25, 0.3) is 103 Å². The van der Waals surface area contributed by atoms with Crippen LogP contribution < -0.4 is 4.90 Å². The van der Waals surface area contributed by atoms with Gasteiger partial charge in [0.15, 0.2) is 0 Å². The van der Waals surface area contributed by atoms with Crippen LogP contribution >= 0.6 is 11.3 Å². The van der Waals surface area contributed by atoms with Crippen LogP contribution in [0.4, 0.5) is 17.1 Å². The summed E-state index contributed by atoms with van der Waals surface area (Å²) in [4.78, 5) is 2.37. The van der Waals surface area contributed by atoms with E-state index in [0.717, 1.165) is 17.1 Å². The maximum Gasteiger partial charge on any atom is 0.0541 e. The summed E-state index contributed by atoms with van der Waals surface area (Å²) < 4.78 is 5.05. The highest BCUT2D eigenvalue weighted by Crippen LogP contribution is 2.43. The predicted octanol–water partition coefficient (Wildman–Crippen LogP) is 18.4. The minimum Gasteiger partial charge on any atom is -0.311 e. The number of benzene rings is 11. The van der Waals surface area contributed by atoms with E-state index in [9.17, 15) is 0 Å². The molecule has 0 saturated heterocycles. The van der Waals surface area contributed by atoms with E-state index in [2.05, 4.69) is 264 Å². The molecule has 0 saturated carbocycles. The van der Waals surface area contributed by atoms with Crippen LogP contribution in [0.2, 0.25) is 0 Å². The molecule has 0 unspecified atom stereocenters. The van der Waals surface area contributed by atoms with Crippen molar-refractivity contribution in [3.8, 4) is 50.2 Å². The summed E-state index contributed by atoms with van der Waals surface area (Å²) in [5.74, 6) is 0. The number of nitrogens with zero attached hydrogens (tertiary/aromatic N) is 2. The second-order valence-electron chi connectivity index (χ2n) is 17.3. The molecule has 2 nitrogen and oxygen atoms in total. The lowest BCUT2D eigenvalue weighted by molar-refractivity contribution is 1.19. The molecule has 0 aliphatic rings. The van der Waals surface area contributed by atoms with E-state index < -0.39 is 0 Å². The Balaban J connectivity index is 0.870. The molecule has 0 atom stereocenters. The van der Waals surface area contributed by atoms with Gasteiger partial charge in [-0.1, -0.05) is 182 Å². The van der Waals surface area contributed by atoms with Crippen LogP contribution in [-0.4, -0.2) is 4.57 Å². The van der Waals surface area contributed by atoms with E-state index in [1.165, 1.54) is 103 Å². The molecule has 0 amide bonds. The lowest BCUT2D eigenvalue weighted by Crippen LogP contribution is -2.09. The van der Waals surface area contributed by atoms with Crippen molar-refractivity contribution in [3.63, 3.8) is 0 Å². The molecule has 0 aliphatic carbocycles. The quantitative estimate of drug-likeness (QED) is 0.148. The number of aromatic nitrogens is 1. The normalized spacial score (nSPS) is 11.6. The Morgan fingerprint density at radius 1 is 0.299 bits per heavy atom. The molecule has 0 N–H and O–H groups in total. The number of para-hydroxylation sites is 1. The van der Waals surface area contributed by atoms with E-state index in [1.54, 1.807) is 0 Å². The van der Waals surface area contributed by atoms with Crippen LogP contribution in [0.15, 0.2) is 255 Å². The van der Waals surface area contributed by atoms with Crippen LogP contribution in [0.3, 0.4) is 0 Å². The Bertz CT molecular complexity index is 3940. The number of rotatable bonds is 8. The summed E-state index contributed by atoms with van der Waals surface area (Å²) >= 11 is 1.88. The third-order valence-corrected chi connectivity index (χ3v) is 14.6.